The molecule has 1 aliphatic heterocycles. The van der Waals surface area contributed by atoms with Gasteiger partial charge in [0.05, 0.1) is 5.57 Å². The zero-order chi connectivity index (χ0) is 22.9. The van der Waals surface area contributed by atoms with Crippen molar-refractivity contribution in [3.63, 3.8) is 0 Å². The Morgan fingerprint density at radius 2 is 1.90 bits per heavy atom. The number of carbonyl (C=O) groups is 2. The van der Waals surface area contributed by atoms with Crippen LogP contribution in [0.3, 0.4) is 0 Å². The lowest BCUT2D eigenvalue weighted by molar-refractivity contribution is -0.138. The van der Waals surface area contributed by atoms with E-state index in [4.69, 9.17) is 0 Å². The first-order valence-electron chi connectivity index (χ1n) is 10.1. The van der Waals surface area contributed by atoms with Gasteiger partial charge in [-0.05, 0) is 24.1 Å². The summed E-state index contributed by atoms with van der Waals surface area (Å²) >= 11 is 0. The van der Waals surface area contributed by atoms with Gasteiger partial charge in [-0.1, -0.05) is 51.8 Å². The first-order chi connectivity index (χ1) is 14.7. The number of benzene rings is 1. The van der Waals surface area contributed by atoms with Crippen LogP contribution in [0.25, 0.3) is 0 Å². The quantitative estimate of drug-likeness (QED) is 0.528. The number of nitrogens with zero attached hydrogens (tertiary/aromatic N) is 3. The molecule has 2 N–H and O–H groups in total. The third-order valence-corrected chi connectivity index (χ3v) is 5.89. The van der Waals surface area contributed by atoms with E-state index in [2.05, 4.69) is 0 Å². The summed E-state index contributed by atoms with van der Waals surface area (Å²) < 4.78 is 0. The lowest BCUT2D eigenvalue weighted by Gasteiger charge is -2.33. The van der Waals surface area contributed by atoms with Gasteiger partial charge in [0.2, 0.25) is 5.78 Å². The number of carbonyl (C=O) groups excluding carboxylic acids is 1. The normalized spacial score (nSPS) is 18.9. The number of aliphatic carboxylic acids is 1. The van der Waals surface area contributed by atoms with Crippen molar-refractivity contribution < 1.29 is 19.8 Å². The Kier molecular flexibility index (Phi) is 5.73. The number of fused-ring (bicyclic) bond motifs is 1. The van der Waals surface area contributed by atoms with Crippen molar-refractivity contribution in [2.75, 3.05) is 4.90 Å². The van der Waals surface area contributed by atoms with Crippen LogP contribution in [-0.2, 0) is 15.0 Å². The first kappa shape index (κ1) is 21.9. The highest BCUT2D eigenvalue weighted by molar-refractivity contribution is 6.20. The standard InChI is InChI=1S/C24H23N3O4/c1-4-5-9-18(23(30)31)27-17-10-7-6-8-16(17)24(2,3)19(27)11-15-20(14(12-25)13-26)22(29)21(15)28/h6-8,10-11,18,28H,4-5,9H2,1-3H3,(H,30,31). The van der Waals surface area contributed by atoms with E-state index in [0.29, 0.717) is 18.5 Å². The number of para-hydroxylation sites is 1. The molecule has 1 atom stereocenters. The third-order valence-electron chi connectivity index (χ3n) is 5.89. The Morgan fingerprint density at radius 1 is 1.26 bits per heavy atom. The van der Waals surface area contributed by atoms with Crippen molar-refractivity contribution >= 4 is 17.4 Å². The molecule has 0 radical (unpaired) electrons. The number of hydrogen-bond donors (Lipinski definition) is 2. The fourth-order valence-electron chi connectivity index (χ4n) is 4.21. The fourth-order valence-corrected chi connectivity index (χ4v) is 4.21. The smallest absolute Gasteiger partial charge is 0.326 e. The summed E-state index contributed by atoms with van der Waals surface area (Å²) in [6, 6.07) is 10.0. The number of aliphatic hydroxyl groups excluding tert-OH is 1. The van der Waals surface area contributed by atoms with Crippen LogP contribution in [0.2, 0.25) is 0 Å². The van der Waals surface area contributed by atoms with Gasteiger partial charge < -0.3 is 15.1 Å². The predicted octanol–water partition coefficient (Wildman–Crippen LogP) is 4.05. The van der Waals surface area contributed by atoms with Gasteiger partial charge in [0.15, 0.2) is 5.76 Å². The highest BCUT2D eigenvalue weighted by Gasteiger charge is 2.46. The maximum atomic E-state index is 12.2. The predicted molar refractivity (Wildman–Crippen MR) is 114 cm³/mol. The van der Waals surface area contributed by atoms with Crippen LogP contribution in [0, 0.1) is 22.7 Å². The number of carboxylic acids is 1. The molecule has 0 bridgehead atoms. The van der Waals surface area contributed by atoms with Crippen molar-refractivity contribution in [1.82, 2.24) is 0 Å². The molecule has 1 aromatic rings. The molecule has 0 saturated heterocycles. The number of unbranched alkanes of at least 4 members (excludes halogenated alkanes) is 1. The zero-order valence-electron chi connectivity index (χ0n) is 17.6. The number of anilines is 1. The van der Waals surface area contributed by atoms with Gasteiger partial charge in [-0.15, -0.1) is 0 Å². The maximum absolute atomic E-state index is 12.2. The zero-order valence-corrected chi connectivity index (χ0v) is 17.6. The average Bonchev–Trinajstić information content (AvgIpc) is 2.97. The molecule has 7 nitrogen and oxygen atoms in total. The number of rotatable bonds is 6. The van der Waals surface area contributed by atoms with E-state index in [1.165, 1.54) is 0 Å². The van der Waals surface area contributed by atoms with E-state index < -0.39 is 29.0 Å². The van der Waals surface area contributed by atoms with Gasteiger partial charge in [0, 0.05) is 22.4 Å². The van der Waals surface area contributed by atoms with E-state index in [-0.39, 0.29) is 16.7 Å². The fraction of sp³-hybridized carbons (Fsp3) is 0.333. The van der Waals surface area contributed by atoms with Crippen LogP contribution >= 0.6 is 0 Å². The van der Waals surface area contributed by atoms with Crippen LogP contribution in [0.4, 0.5) is 5.69 Å². The number of ketones is 1. The molecule has 31 heavy (non-hydrogen) atoms. The number of Topliss-reactive ketones (excluding diaryl/α,β-unsaturated/α-hetero) is 1. The molecule has 1 unspecified atom stereocenters. The van der Waals surface area contributed by atoms with E-state index in [1.54, 1.807) is 23.1 Å². The summed E-state index contributed by atoms with van der Waals surface area (Å²) in [6.45, 7) is 5.86. The Labute approximate surface area is 180 Å². The van der Waals surface area contributed by atoms with E-state index in [0.717, 1.165) is 17.7 Å². The minimum absolute atomic E-state index is 0.0867. The van der Waals surface area contributed by atoms with E-state index >= 15 is 0 Å². The van der Waals surface area contributed by atoms with Crippen molar-refractivity contribution in [1.29, 1.82) is 10.5 Å². The average molecular weight is 417 g/mol. The van der Waals surface area contributed by atoms with Crippen LogP contribution < -0.4 is 4.90 Å². The van der Waals surface area contributed by atoms with E-state index in [9.17, 15) is 30.3 Å². The number of carboxylic acid groups (broad SMARTS) is 1. The SMILES string of the molecule is CCCCC(C(=O)O)N1C(=CC2=C(O)C(=O)C2=C(C#N)C#N)C(C)(C)c2ccccc21. The molecular formula is C24H23N3O4. The van der Waals surface area contributed by atoms with Crippen LogP contribution in [-0.4, -0.2) is 28.0 Å². The first-order valence-corrected chi connectivity index (χ1v) is 10.1. The van der Waals surface area contributed by atoms with Crippen LogP contribution in [0.5, 0.6) is 0 Å². The minimum atomic E-state index is -0.972. The summed E-state index contributed by atoms with van der Waals surface area (Å²) in [5, 5.41) is 38.6. The van der Waals surface area contributed by atoms with Crippen molar-refractivity contribution in [3.8, 4) is 12.1 Å². The molecule has 2 aliphatic rings. The van der Waals surface area contributed by atoms with E-state index in [1.807, 2.05) is 45.0 Å². The topological polar surface area (TPSA) is 125 Å². The summed E-state index contributed by atoms with van der Waals surface area (Å²) in [5.41, 5.74) is 1.19. The molecule has 158 valence electrons. The number of hydrogen-bond acceptors (Lipinski definition) is 6. The molecule has 0 fully saturated rings. The summed E-state index contributed by atoms with van der Waals surface area (Å²) in [7, 11) is 0. The lowest BCUT2D eigenvalue weighted by atomic mass is 9.79. The highest BCUT2D eigenvalue weighted by Crippen LogP contribution is 2.50. The van der Waals surface area contributed by atoms with Gasteiger partial charge >= 0.3 is 5.97 Å². The third kappa shape index (κ3) is 3.39. The summed E-state index contributed by atoms with van der Waals surface area (Å²) in [5.74, 6) is -2.26. The number of allylic oxidation sites excluding steroid dienone is 5. The van der Waals surface area contributed by atoms with Gasteiger partial charge in [-0.2, -0.15) is 10.5 Å². The lowest BCUT2D eigenvalue weighted by Crippen LogP contribution is -2.41. The molecule has 0 saturated carbocycles. The molecule has 1 aliphatic carbocycles. The Balaban J connectivity index is 2.25. The number of nitriles is 2. The Bertz CT molecular complexity index is 1130. The van der Waals surface area contributed by atoms with Gasteiger partial charge in [-0.25, -0.2) is 4.79 Å². The van der Waals surface area contributed by atoms with Crippen LogP contribution in [0.1, 0.15) is 45.6 Å². The molecule has 1 aromatic carbocycles. The molecule has 3 rings (SSSR count). The minimum Gasteiger partial charge on any atom is -0.504 e. The molecular weight excluding hydrogens is 394 g/mol. The van der Waals surface area contributed by atoms with Crippen LogP contribution in [0.15, 0.2) is 58.5 Å². The summed E-state index contributed by atoms with van der Waals surface area (Å²) in [6.07, 6.45) is 3.52. The Hall–Kier alpha value is -3.84. The summed E-state index contributed by atoms with van der Waals surface area (Å²) in [4.78, 5) is 26.1. The molecule has 0 aromatic heterocycles. The molecule has 1 heterocycles. The maximum Gasteiger partial charge on any atom is 0.326 e. The largest absolute Gasteiger partial charge is 0.504 e. The van der Waals surface area contributed by atoms with Crippen molar-refractivity contribution in [2.24, 2.45) is 0 Å². The van der Waals surface area contributed by atoms with Gasteiger partial charge in [-0.3, -0.25) is 4.79 Å². The Morgan fingerprint density at radius 3 is 2.48 bits per heavy atom. The molecule has 0 spiro atoms. The second-order valence-electron chi connectivity index (χ2n) is 8.10. The second kappa shape index (κ2) is 8.12. The van der Waals surface area contributed by atoms with Gasteiger partial charge in [0.1, 0.15) is 23.8 Å². The monoisotopic (exact) mass is 417 g/mol. The second-order valence-corrected chi connectivity index (χ2v) is 8.10. The van der Waals surface area contributed by atoms with Crippen molar-refractivity contribution in [2.45, 2.75) is 51.5 Å². The van der Waals surface area contributed by atoms with Crippen molar-refractivity contribution in [3.05, 3.63) is 64.1 Å². The van der Waals surface area contributed by atoms with Gasteiger partial charge in [0.25, 0.3) is 0 Å². The highest BCUT2D eigenvalue weighted by atomic mass is 16.4. The number of aliphatic hydroxyl groups is 1. The molecule has 7 heteroatoms. The molecule has 0 amide bonds.